The second-order valence-electron chi connectivity index (χ2n) is 4.22. The van der Waals surface area contributed by atoms with E-state index in [4.69, 9.17) is 22.1 Å². The van der Waals surface area contributed by atoms with E-state index in [0.29, 0.717) is 18.8 Å². The van der Waals surface area contributed by atoms with Crippen LogP contribution in [0.3, 0.4) is 0 Å². The van der Waals surface area contributed by atoms with Crippen LogP contribution in [0.5, 0.6) is 0 Å². The van der Waals surface area contributed by atoms with Crippen LogP contribution >= 0.6 is 11.6 Å². The number of nitrogen functional groups attached to an aromatic ring is 1. The van der Waals surface area contributed by atoms with Gasteiger partial charge in [0.1, 0.15) is 5.15 Å². The molecule has 1 amide bonds. The number of hydrogen-bond donors (Lipinski definition) is 1. The van der Waals surface area contributed by atoms with Gasteiger partial charge in [0.2, 0.25) is 0 Å². The number of pyridine rings is 1. The van der Waals surface area contributed by atoms with Crippen LogP contribution in [0.15, 0.2) is 12.3 Å². The van der Waals surface area contributed by atoms with Gasteiger partial charge in [-0.3, -0.25) is 9.59 Å². The van der Waals surface area contributed by atoms with Crippen molar-refractivity contribution >= 4 is 29.2 Å². The largest absolute Gasteiger partial charge is 0.469 e. The quantitative estimate of drug-likeness (QED) is 0.595. The number of nitrogens with two attached hydrogens (primary N) is 1. The lowest BCUT2D eigenvalue weighted by molar-refractivity contribution is -0.140. The molecule has 1 rings (SSSR count). The summed E-state index contributed by atoms with van der Waals surface area (Å²) in [7, 11) is 2.82. The van der Waals surface area contributed by atoms with Gasteiger partial charge in [-0.25, -0.2) is 4.98 Å². The fraction of sp³-hybridized carbons (Fsp3) is 0.462. The van der Waals surface area contributed by atoms with E-state index in [-0.39, 0.29) is 29.6 Å². The lowest BCUT2D eigenvalue weighted by Gasteiger charge is -2.22. The van der Waals surface area contributed by atoms with Gasteiger partial charge in [-0.05, 0) is 6.07 Å². The highest BCUT2D eigenvalue weighted by Gasteiger charge is 2.20. The van der Waals surface area contributed by atoms with Gasteiger partial charge in [0.15, 0.2) is 0 Å². The maximum Gasteiger partial charge on any atom is 0.307 e. The Morgan fingerprint density at radius 3 is 2.71 bits per heavy atom. The minimum atomic E-state index is -0.401. The number of hydrogen-bond acceptors (Lipinski definition) is 6. The summed E-state index contributed by atoms with van der Waals surface area (Å²) in [6, 6.07) is 1.45. The van der Waals surface area contributed by atoms with E-state index in [0.717, 1.165) is 0 Å². The van der Waals surface area contributed by atoms with Crippen molar-refractivity contribution in [2.24, 2.45) is 0 Å². The number of carbonyl (C=O) groups is 2. The minimum absolute atomic E-state index is 0.0645. The summed E-state index contributed by atoms with van der Waals surface area (Å²) in [5.74, 6) is -0.761. The molecular formula is C13H18ClN3O4. The molecule has 0 saturated heterocycles. The molecule has 7 nitrogen and oxygen atoms in total. The fourth-order valence-electron chi connectivity index (χ4n) is 1.63. The molecule has 0 atom stereocenters. The minimum Gasteiger partial charge on any atom is -0.469 e. The number of methoxy groups -OCH3 is 2. The second kappa shape index (κ2) is 8.43. The van der Waals surface area contributed by atoms with Crippen LogP contribution in [0, 0.1) is 0 Å². The number of anilines is 1. The number of carbonyl (C=O) groups excluding carboxylic acids is 2. The Balaban J connectivity index is 2.87. The molecule has 8 heteroatoms. The molecule has 0 spiro atoms. The first-order chi connectivity index (χ1) is 9.99. The molecule has 0 aromatic carbocycles. The summed E-state index contributed by atoms with van der Waals surface area (Å²) in [6.07, 6.45) is 1.45. The van der Waals surface area contributed by atoms with Gasteiger partial charge in [0.05, 0.1) is 37.6 Å². The summed E-state index contributed by atoms with van der Waals surface area (Å²) in [4.78, 5) is 29.0. The van der Waals surface area contributed by atoms with Crippen molar-refractivity contribution in [1.82, 2.24) is 9.88 Å². The molecule has 0 aliphatic carbocycles. The Labute approximate surface area is 128 Å². The van der Waals surface area contributed by atoms with E-state index in [2.05, 4.69) is 9.72 Å². The first-order valence-electron chi connectivity index (χ1n) is 6.25. The average Bonchev–Trinajstić information content (AvgIpc) is 2.48. The molecule has 1 aromatic rings. The smallest absolute Gasteiger partial charge is 0.307 e. The summed E-state index contributed by atoms with van der Waals surface area (Å²) < 4.78 is 9.53. The third-order valence-corrected chi connectivity index (χ3v) is 3.06. The number of aromatic nitrogens is 1. The Morgan fingerprint density at radius 1 is 1.38 bits per heavy atom. The van der Waals surface area contributed by atoms with Crippen molar-refractivity contribution < 1.29 is 19.1 Å². The van der Waals surface area contributed by atoms with Crippen LogP contribution < -0.4 is 5.73 Å². The zero-order valence-corrected chi connectivity index (χ0v) is 12.7. The Hall–Kier alpha value is -1.86. The highest BCUT2D eigenvalue weighted by molar-refractivity contribution is 6.32. The molecular weight excluding hydrogens is 298 g/mol. The average molecular weight is 316 g/mol. The third-order valence-electron chi connectivity index (χ3n) is 2.76. The van der Waals surface area contributed by atoms with Crippen molar-refractivity contribution in [1.29, 1.82) is 0 Å². The fourth-order valence-corrected chi connectivity index (χ4v) is 1.81. The maximum atomic E-state index is 12.5. The van der Waals surface area contributed by atoms with E-state index < -0.39 is 5.97 Å². The van der Waals surface area contributed by atoms with E-state index >= 15 is 0 Å². The lowest BCUT2D eigenvalue weighted by atomic mass is 10.2. The zero-order valence-electron chi connectivity index (χ0n) is 12.0. The van der Waals surface area contributed by atoms with E-state index in [1.165, 1.54) is 31.4 Å². The first kappa shape index (κ1) is 17.2. The first-order valence-corrected chi connectivity index (χ1v) is 6.63. The highest BCUT2D eigenvalue weighted by Crippen LogP contribution is 2.18. The Kier molecular flexibility index (Phi) is 6.90. The van der Waals surface area contributed by atoms with Gasteiger partial charge in [-0.1, -0.05) is 11.6 Å². The molecule has 1 aromatic heterocycles. The Morgan fingerprint density at radius 2 is 2.10 bits per heavy atom. The molecule has 2 N–H and O–H groups in total. The van der Waals surface area contributed by atoms with Gasteiger partial charge < -0.3 is 20.1 Å². The van der Waals surface area contributed by atoms with Gasteiger partial charge in [0, 0.05) is 20.2 Å². The molecule has 21 heavy (non-hydrogen) atoms. The molecule has 0 unspecified atom stereocenters. The topological polar surface area (TPSA) is 94.8 Å². The van der Waals surface area contributed by atoms with Crippen LogP contribution in [0.25, 0.3) is 0 Å². The molecule has 0 fully saturated rings. The SMILES string of the molecule is COCCN(CCC(=O)OC)C(=O)c1cc(N)cnc1Cl. The number of halogens is 1. The summed E-state index contributed by atoms with van der Waals surface area (Å²) in [5, 5.41) is 0.0645. The van der Waals surface area contributed by atoms with Crippen molar-refractivity contribution in [3.63, 3.8) is 0 Å². The van der Waals surface area contributed by atoms with E-state index in [1.807, 2.05) is 0 Å². The van der Waals surface area contributed by atoms with Crippen LogP contribution in [0.1, 0.15) is 16.8 Å². The highest BCUT2D eigenvalue weighted by atomic mass is 35.5. The van der Waals surface area contributed by atoms with Gasteiger partial charge in [0.25, 0.3) is 5.91 Å². The number of ether oxygens (including phenoxy) is 2. The zero-order chi connectivity index (χ0) is 15.8. The third kappa shape index (κ3) is 5.20. The summed E-state index contributed by atoms with van der Waals surface area (Å²) in [5.41, 5.74) is 6.15. The number of amides is 1. The Bertz CT molecular complexity index is 510. The monoisotopic (exact) mass is 315 g/mol. The van der Waals surface area contributed by atoms with Crippen molar-refractivity contribution in [2.45, 2.75) is 6.42 Å². The summed E-state index contributed by atoms with van der Waals surface area (Å²) >= 11 is 5.92. The van der Waals surface area contributed by atoms with Gasteiger partial charge in [-0.15, -0.1) is 0 Å². The molecule has 116 valence electrons. The van der Waals surface area contributed by atoms with Crippen molar-refractivity contribution in [3.8, 4) is 0 Å². The van der Waals surface area contributed by atoms with E-state index in [9.17, 15) is 9.59 Å². The molecule has 0 aliphatic rings. The predicted molar refractivity (Wildman–Crippen MR) is 78.1 cm³/mol. The molecule has 0 radical (unpaired) electrons. The molecule has 0 saturated carbocycles. The van der Waals surface area contributed by atoms with Crippen LogP contribution in [0.2, 0.25) is 5.15 Å². The lowest BCUT2D eigenvalue weighted by Crippen LogP contribution is -2.36. The maximum absolute atomic E-state index is 12.5. The van der Waals surface area contributed by atoms with Crippen molar-refractivity contribution in [3.05, 3.63) is 23.0 Å². The summed E-state index contributed by atoms with van der Waals surface area (Å²) in [6.45, 7) is 0.845. The molecule has 1 heterocycles. The second-order valence-corrected chi connectivity index (χ2v) is 4.58. The van der Waals surface area contributed by atoms with Gasteiger partial charge >= 0.3 is 5.97 Å². The molecule has 0 bridgehead atoms. The normalized spacial score (nSPS) is 10.2. The van der Waals surface area contributed by atoms with Gasteiger partial charge in [-0.2, -0.15) is 0 Å². The van der Waals surface area contributed by atoms with Crippen LogP contribution in [-0.2, 0) is 14.3 Å². The molecule has 0 aliphatic heterocycles. The van der Waals surface area contributed by atoms with Crippen LogP contribution in [0.4, 0.5) is 5.69 Å². The predicted octanol–water partition coefficient (Wildman–Crippen LogP) is 0.969. The standard InChI is InChI=1S/C13H18ClN3O4/c1-20-6-5-17(4-3-11(18)21-2)13(19)10-7-9(15)8-16-12(10)14/h7-8H,3-6,15H2,1-2H3. The van der Waals surface area contributed by atoms with Crippen LogP contribution in [-0.4, -0.2) is 55.7 Å². The number of esters is 1. The van der Waals surface area contributed by atoms with Crippen molar-refractivity contribution in [2.75, 3.05) is 39.6 Å². The van der Waals surface area contributed by atoms with E-state index in [1.54, 1.807) is 0 Å². The number of nitrogens with zero attached hydrogens (tertiary/aromatic N) is 2. The number of rotatable bonds is 7.